The lowest BCUT2D eigenvalue weighted by Crippen LogP contribution is -2.31. The lowest BCUT2D eigenvalue weighted by Gasteiger charge is -2.14. The highest BCUT2D eigenvalue weighted by Crippen LogP contribution is 2.17. The van der Waals surface area contributed by atoms with E-state index in [4.69, 9.17) is 20.0 Å². The van der Waals surface area contributed by atoms with Gasteiger partial charge in [0, 0.05) is 0 Å². The van der Waals surface area contributed by atoms with Crippen LogP contribution in [0, 0.1) is 22.7 Å². The van der Waals surface area contributed by atoms with Crippen LogP contribution in [-0.4, -0.2) is 24.6 Å². The van der Waals surface area contributed by atoms with Crippen LogP contribution in [0.25, 0.3) is 0 Å². The molecule has 2 aromatic rings. The number of nitriles is 2. The van der Waals surface area contributed by atoms with E-state index in [0.717, 1.165) is 0 Å². The van der Waals surface area contributed by atoms with Gasteiger partial charge in [0.15, 0.2) is 12.7 Å². The highest BCUT2D eigenvalue weighted by atomic mass is 16.6. The van der Waals surface area contributed by atoms with E-state index in [1.54, 1.807) is 48.5 Å². The Balaban J connectivity index is 1.89. The molecule has 2 rings (SSSR count). The lowest BCUT2D eigenvalue weighted by atomic mass is 10.2. The van der Waals surface area contributed by atoms with E-state index in [0.29, 0.717) is 16.8 Å². The summed E-state index contributed by atoms with van der Waals surface area (Å²) in [6.45, 7) is 0.969. The highest BCUT2D eigenvalue weighted by Gasteiger charge is 2.19. The van der Waals surface area contributed by atoms with Gasteiger partial charge in [-0.25, -0.2) is 4.79 Å². The number of hydrogen-bond acceptors (Lipinski definition) is 6. The molecular formula is C19H15N3O4. The predicted octanol–water partition coefficient (Wildman–Crippen LogP) is 2.38. The Morgan fingerprint density at radius 1 is 1.04 bits per heavy atom. The molecule has 130 valence electrons. The number of hydrogen-bond donors (Lipinski definition) is 1. The summed E-state index contributed by atoms with van der Waals surface area (Å²) in [4.78, 5) is 24.0. The third-order valence-electron chi connectivity index (χ3n) is 3.34. The Bertz CT molecular complexity index is 896. The quantitative estimate of drug-likeness (QED) is 0.801. The second-order valence-corrected chi connectivity index (χ2v) is 5.18. The molecule has 0 aliphatic carbocycles. The summed E-state index contributed by atoms with van der Waals surface area (Å²) in [6, 6.07) is 16.9. The first kappa shape index (κ1) is 18.5. The van der Waals surface area contributed by atoms with Crippen molar-refractivity contribution in [1.82, 2.24) is 0 Å². The minimum absolute atomic E-state index is 0.256. The first-order valence-corrected chi connectivity index (χ1v) is 7.66. The van der Waals surface area contributed by atoms with E-state index >= 15 is 0 Å². The molecule has 0 heterocycles. The third kappa shape index (κ3) is 4.83. The highest BCUT2D eigenvalue weighted by molar-refractivity contribution is 5.96. The molecule has 0 saturated heterocycles. The second kappa shape index (κ2) is 8.86. The summed E-state index contributed by atoms with van der Waals surface area (Å²) in [6.07, 6.45) is -1.08. The van der Waals surface area contributed by atoms with Gasteiger partial charge in [0.25, 0.3) is 5.91 Å². The van der Waals surface area contributed by atoms with Crippen molar-refractivity contribution < 1.29 is 19.1 Å². The molecule has 1 atom stereocenters. The number of carbonyl (C=O) groups is 2. The fraction of sp³-hybridized carbons (Fsp3) is 0.158. The monoisotopic (exact) mass is 349 g/mol. The van der Waals surface area contributed by atoms with E-state index in [-0.39, 0.29) is 5.75 Å². The molecule has 26 heavy (non-hydrogen) atoms. The molecule has 0 bridgehead atoms. The molecule has 7 nitrogen and oxygen atoms in total. The average Bonchev–Trinajstić information content (AvgIpc) is 2.66. The van der Waals surface area contributed by atoms with Crippen molar-refractivity contribution in [3.05, 3.63) is 59.7 Å². The van der Waals surface area contributed by atoms with Crippen LogP contribution in [-0.2, 0) is 14.3 Å². The Labute approximate surface area is 150 Å². The Morgan fingerprint density at radius 3 is 2.35 bits per heavy atom. The van der Waals surface area contributed by atoms with Gasteiger partial charge in [-0.3, -0.25) is 4.79 Å². The summed E-state index contributed by atoms with van der Waals surface area (Å²) in [5, 5.41) is 20.5. The number of carbonyl (C=O) groups excluding carboxylic acids is 2. The van der Waals surface area contributed by atoms with Gasteiger partial charge in [0.2, 0.25) is 0 Å². The van der Waals surface area contributed by atoms with Crippen molar-refractivity contribution in [3.63, 3.8) is 0 Å². The summed E-state index contributed by atoms with van der Waals surface area (Å²) in [5.74, 6) is -1.07. The predicted molar refractivity (Wildman–Crippen MR) is 92.0 cm³/mol. The van der Waals surface area contributed by atoms with Crippen LogP contribution in [0.3, 0.4) is 0 Å². The molecule has 0 aliphatic heterocycles. The maximum atomic E-state index is 12.1. The van der Waals surface area contributed by atoms with Gasteiger partial charge in [-0.2, -0.15) is 10.5 Å². The SMILES string of the molecule is C[C@H](OC(=O)COc1ccccc1C#N)C(=O)Nc1ccccc1C#N. The van der Waals surface area contributed by atoms with Gasteiger partial charge in [-0.1, -0.05) is 24.3 Å². The zero-order valence-electron chi connectivity index (χ0n) is 13.9. The topological polar surface area (TPSA) is 112 Å². The smallest absolute Gasteiger partial charge is 0.344 e. The van der Waals surface area contributed by atoms with E-state index in [2.05, 4.69) is 5.32 Å². The molecule has 7 heteroatoms. The molecule has 0 radical (unpaired) electrons. The molecule has 0 fully saturated rings. The maximum absolute atomic E-state index is 12.1. The number of ether oxygens (including phenoxy) is 2. The van der Waals surface area contributed by atoms with Crippen LogP contribution in [0.15, 0.2) is 48.5 Å². The first-order chi connectivity index (χ1) is 12.5. The number of rotatable bonds is 6. The number of benzene rings is 2. The molecule has 0 aliphatic rings. The number of para-hydroxylation sites is 2. The van der Waals surface area contributed by atoms with Gasteiger partial charge in [-0.05, 0) is 31.2 Å². The van der Waals surface area contributed by atoms with Gasteiger partial charge < -0.3 is 14.8 Å². The molecule has 1 N–H and O–H groups in total. The third-order valence-corrected chi connectivity index (χ3v) is 3.34. The molecular weight excluding hydrogens is 334 g/mol. The minimum atomic E-state index is -1.08. The normalized spacial score (nSPS) is 10.7. The largest absolute Gasteiger partial charge is 0.481 e. The number of nitrogens with zero attached hydrogens (tertiary/aromatic N) is 2. The van der Waals surface area contributed by atoms with Crippen LogP contribution in [0.2, 0.25) is 0 Å². The summed E-state index contributed by atoms with van der Waals surface area (Å²) < 4.78 is 10.3. The second-order valence-electron chi connectivity index (χ2n) is 5.18. The van der Waals surface area contributed by atoms with Crippen molar-refractivity contribution in [2.45, 2.75) is 13.0 Å². The van der Waals surface area contributed by atoms with Gasteiger partial charge in [0.1, 0.15) is 17.9 Å². The van der Waals surface area contributed by atoms with E-state index < -0.39 is 24.6 Å². The maximum Gasteiger partial charge on any atom is 0.344 e. The molecule has 0 aromatic heterocycles. The van der Waals surface area contributed by atoms with E-state index in [1.807, 2.05) is 12.1 Å². The van der Waals surface area contributed by atoms with Gasteiger partial charge >= 0.3 is 5.97 Å². The van der Waals surface area contributed by atoms with Crippen molar-refractivity contribution in [2.75, 3.05) is 11.9 Å². The summed E-state index contributed by atoms with van der Waals surface area (Å²) >= 11 is 0. The van der Waals surface area contributed by atoms with Crippen molar-refractivity contribution in [2.24, 2.45) is 0 Å². The van der Waals surface area contributed by atoms with Crippen LogP contribution >= 0.6 is 0 Å². The average molecular weight is 349 g/mol. The summed E-state index contributed by atoms with van der Waals surface area (Å²) in [5.41, 5.74) is 0.928. The number of anilines is 1. The molecule has 0 saturated carbocycles. The number of amides is 1. The molecule has 2 aromatic carbocycles. The fourth-order valence-corrected chi connectivity index (χ4v) is 2.03. The Hall–Kier alpha value is -3.84. The zero-order chi connectivity index (χ0) is 18.9. The van der Waals surface area contributed by atoms with Crippen LogP contribution in [0.1, 0.15) is 18.1 Å². The van der Waals surface area contributed by atoms with Crippen LogP contribution < -0.4 is 10.1 Å². The summed E-state index contributed by atoms with van der Waals surface area (Å²) in [7, 11) is 0. The van der Waals surface area contributed by atoms with Crippen LogP contribution in [0.4, 0.5) is 5.69 Å². The minimum Gasteiger partial charge on any atom is -0.481 e. The van der Waals surface area contributed by atoms with Gasteiger partial charge in [0.05, 0.1) is 16.8 Å². The Morgan fingerprint density at radius 2 is 1.65 bits per heavy atom. The van der Waals surface area contributed by atoms with E-state index in [1.165, 1.54) is 6.92 Å². The fourth-order valence-electron chi connectivity index (χ4n) is 2.03. The Kier molecular flexibility index (Phi) is 6.30. The lowest BCUT2D eigenvalue weighted by molar-refractivity contribution is -0.155. The first-order valence-electron chi connectivity index (χ1n) is 7.66. The van der Waals surface area contributed by atoms with Gasteiger partial charge in [-0.15, -0.1) is 0 Å². The standard InChI is InChI=1S/C19H15N3O4/c1-13(19(24)22-16-8-4-2-6-14(16)10-20)26-18(23)12-25-17-9-5-3-7-15(17)11-21/h2-9,13H,12H2,1H3,(H,22,24)/t13-/m0/s1. The number of nitrogens with one attached hydrogen (secondary N) is 1. The molecule has 1 amide bonds. The van der Waals surface area contributed by atoms with E-state index in [9.17, 15) is 9.59 Å². The molecule has 0 spiro atoms. The molecule has 0 unspecified atom stereocenters. The zero-order valence-corrected chi connectivity index (χ0v) is 13.9. The number of esters is 1. The van der Waals surface area contributed by atoms with Crippen molar-refractivity contribution in [3.8, 4) is 17.9 Å². The van der Waals surface area contributed by atoms with Crippen LogP contribution in [0.5, 0.6) is 5.75 Å². The van der Waals surface area contributed by atoms with Crippen molar-refractivity contribution in [1.29, 1.82) is 10.5 Å². The van der Waals surface area contributed by atoms with Crippen molar-refractivity contribution >= 4 is 17.6 Å².